The molecule has 0 radical (unpaired) electrons. The van der Waals surface area contributed by atoms with Gasteiger partial charge in [-0.15, -0.1) is 0 Å². The fourth-order valence-corrected chi connectivity index (χ4v) is 3.24. The molecule has 0 spiro atoms. The van der Waals surface area contributed by atoms with Gasteiger partial charge in [0.1, 0.15) is 11.9 Å². The van der Waals surface area contributed by atoms with E-state index in [0.29, 0.717) is 17.6 Å². The smallest absolute Gasteiger partial charge is 0.146 e. The van der Waals surface area contributed by atoms with Gasteiger partial charge in [-0.2, -0.15) is 10.4 Å². The Bertz CT molecular complexity index is 667. The molecule has 1 N–H and O–H groups in total. The van der Waals surface area contributed by atoms with Gasteiger partial charge in [-0.05, 0) is 44.4 Å². The first-order valence-electron chi connectivity index (χ1n) is 8.60. The molecule has 2 aromatic heterocycles. The summed E-state index contributed by atoms with van der Waals surface area (Å²) in [6, 6.07) is 8.85. The summed E-state index contributed by atoms with van der Waals surface area (Å²) in [5.74, 6) is 0.824. The number of nitrogens with one attached hydrogen (secondary N) is 1. The van der Waals surface area contributed by atoms with Crippen LogP contribution in [0.1, 0.15) is 31.7 Å². The van der Waals surface area contributed by atoms with E-state index >= 15 is 0 Å². The van der Waals surface area contributed by atoms with Crippen molar-refractivity contribution in [3.8, 4) is 6.07 Å². The third kappa shape index (κ3) is 4.12. The van der Waals surface area contributed by atoms with Gasteiger partial charge in [-0.3, -0.25) is 4.68 Å². The fourth-order valence-electron chi connectivity index (χ4n) is 3.24. The summed E-state index contributed by atoms with van der Waals surface area (Å²) in [4.78, 5) is 6.62. The van der Waals surface area contributed by atoms with E-state index in [0.717, 1.165) is 44.7 Å². The van der Waals surface area contributed by atoms with Crippen molar-refractivity contribution in [3.63, 3.8) is 0 Å². The molecule has 1 fully saturated rings. The molecule has 3 rings (SSSR count). The predicted octanol–water partition coefficient (Wildman–Crippen LogP) is 2.19. The second-order valence-corrected chi connectivity index (χ2v) is 6.37. The lowest BCUT2D eigenvalue weighted by atomic mass is 10.0. The van der Waals surface area contributed by atoms with Crippen molar-refractivity contribution in [2.75, 3.05) is 18.0 Å². The number of rotatable bonds is 6. The van der Waals surface area contributed by atoms with E-state index in [-0.39, 0.29) is 0 Å². The number of piperidine rings is 1. The lowest BCUT2D eigenvalue weighted by molar-refractivity contribution is 0.353. The summed E-state index contributed by atoms with van der Waals surface area (Å²) in [7, 11) is 0. The van der Waals surface area contributed by atoms with E-state index < -0.39 is 0 Å². The van der Waals surface area contributed by atoms with Crippen molar-refractivity contribution >= 4 is 5.82 Å². The van der Waals surface area contributed by atoms with Crippen LogP contribution in [-0.2, 0) is 6.54 Å². The third-order valence-electron chi connectivity index (χ3n) is 4.57. The van der Waals surface area contributed by atoms with Gasteiger partial charge in [0.25, 0.3) is 0 Å². The van der Waals surface area contributed by atoms with E-state index in [2.05, 4.69) is 33.3 Å². The Balaban J connectivity index is 1.46. The van der Waals surface area contributed by atoms with Crippen LogP contribution in [0.25, 0.3) is 0 Å². The molecule has 0 unspecified atom stereocenters. The molecule has 1 aliphatic heterocycles. The second-order valence-electron chi connectivity index (χ2n) is 6.37. The molecule has 24 heavy (non-hydrogen) atoms. The van der Waals surface area contributed by atoms with E-state index in [1.54, 1.807) is 6.20 Å². The maximum atomic E-state index is 9.22. The Labute approximate surface area is 143 Å². The van der Waals surface area contributed by atoms with Crippen LogP contribution in [0.4, 0.5) is 5.82 Å². The molecule has 6 nitrogen and oxygen atoms in total. The van der Waals surface area contributed by atoms with Crippen LogP contribution in [0.5, 0.6) is 0 Å². The van der Waals surface area contributed by atoms with E-state index in [4.69, 9.17) is 0 Å². The number of anilines is 1. The van der Waals surface area contributed by atoms with Gasteiger partial charge in [-0.1, -0.05) is 0 Å². The number of pyridine rings is 1. The highest BCUT2D eigenvalue weighted by Gasteiger charge is 2.22. The molecular formula is C18H24N6. The van der Waals surface area contributed by atoms with Crippen molar-refractivity contribution in [2.24, 2.45) is 0 Å². The second kappa shape index (κ2) is 7.93. The summed E-state index contributed by atoms with van der Waals surface area (Å²) in [6.07, 6.45) is 8.81. The van der Waals surface area contributed by atoms with Crippen molar-refractivity contribution in [2.45, 2.75) is 44.8 Å². The summed E-state index contributed by atoms with van der Waals surface area (Å²) >= 11 is 0. The number of hydrogen-bond acceptors (Lipinski definition) is 5. The number of aromatic nitrogens is 3. The van der Waals surface area contributed by atoms with Crippen molar-refractivity contribution in [1.29, 1.82) is 5.26 Å². The van der Waals surface area contributed by atoms with Crippen LogP contribution in [0.2, 0.25) is 0 Å². The van der Waals surface area contributed by atoms with Gasteiger partial charge in [-0.25, -0.2) is 4.98 Å². The lowest BCUT2D eigenvalue weighted by Crippen LogP contribution is -2.46. The van der Waals surface area contributed by atoms with Crippen LogP contribution in [0.3, 0.4) is 0 Å². The SMILES string of the molecule is C[C@@H](CCn1cccn1)NC1CCN(c2ncccc2C#N)CC1. The highest BCUT2D eigenvalue weighted by molar-refractivity contribution is 5.53. The van der Waals surface area contributed by atoms with E-state index in [1.807, 2.05) is 35.3 Å². The highest BCUT2D eigenvalue weighted by atomic mass is 15.3. The first kappa shape index (κ1) is 16.5. The topological polar surface area (TPSA) is 69.8 Å². The zero-order valence-corrected chi connectivity index (χ0v) is 14.1. The number of hydrogen-bond donors (Lipinski definition) is 1. The van der Waals surface area contributed by atoms with Crippen LogP contribution < -0.4 is 10.2 Å². The van der Waals surface area contributed by atoms with Gasteiger partial charge < -0.3 is 10.2 Å². The molecule has 0 aromatic carbocycles. The van der Waals surface area contributed by atoms with Crippen LogP contribution in [0, 0.1) is 11.3 Å². The largest absolute Gasteiger partial charge is 0.355 e. The minimum atomic E-state index is 0.468. The zero-order chi connectivity index (χ0) is 16.8. The van der Waals surface area contributed by atoms with Crippen molar-refractivity contribution < 1.29 is 0 Å². The van der Waals surface area contributed by atoms with E-state index in [1.165, 1.54) is 0 Å². The first-order valence-corrected chi connectivity index (χ1v) is 8.60. The van der Waals surface area contributed by atoms with Gasteiger partial charge in [0.15, 0.2) is 0 Å². The number of nitriles is 1. The van der Waals surface area contributed by atoms with E-state index in [9.17, 15) is 5.26 Å². The molecule has 0 aliphatic carbocycles. The monoisotopic (exact) mass is 324 g/mol. The molecule has 0 amide bonds. The molecule has 0 bridgehead atoms. The molecule has 0 saturated carbocycles. The molecule has 3 heterocycles. The standard InChI is InChI=1S/C18H24N6/c1-15(5-13-24-10-3-9-21-24)22-17-6-11-23(12-7-17)18-16(14-19)4-2-8-20-18/h2-4,8-10,15,17,22H,5-7,11-13H2,1H3/t15-/m0/s1. The lowest BCUT2D eigenvalue weighted by Gasteiger charge is -2.35. The maximum Gasteiger partial charge on any atom is 0.146 e. The number of nitrogens with zero attached hydrogens (tertiary/aromatic N) is 5. The quantitative estimate of drug-likeness (QED) is 0.882. The Morgan fingerprint density at radius 2 is 2.17 bits per heavy atom. The minimum absolute atomic E-state index is 0.468. The normalized spacial score (nSPS) is 16.8. The molecule has 126 valence electrons. The summed E-state index contributed by atoms with van der Waals surface area (Å²) in [5.41, 5.74) is 0.663. The molecule has 2 aromatic rings. The Hall–Kier alpha value is -2.39. The first-order chi connectivity index (χ1) is 11.8. The summed E-state index contributed by atoms with van der Waals surface area (Å²) in [6.45, 7) is 5.06. The Morgan fingerprint density at radius 1 is 1.33 bits per heavy atom. The predicted molar refractivity (Wildman–Crippen MR) is 93.6 cm³/mol. The molecule has 1 aliphatic rings. The van der Waals surface area contributed by atoms with Gasteiger partial charge in [0.2, 0.25) is 0 Å². The average Bonchev–Trinajstić information content (AvgIpc) is 3.14. The van der Waals surface area contributed by atoms with Crippen LogP contribution in [-0.4, -0.2) is 39.9 Å². The third-order valence-corrected chi connectivity index (χ3v) is 4.57. The number of aryl methyl sites for hydroxylation is 1. The minimum Gasteiger partial charge on any atom is -0.355 e. The molecule has 6 heteroatoms. The molecule has 1 atom stereocenters. The van der Waals surface area contributed by atoms with Crippen molar-refractivity contribution in [3.05, 3.63) is 42.4 Å². The van der Waals surface area contributed by atoms with Gasteiger partial charge in [0, 0.05) is 50.3 Å². The molecule has 1 saturated heterocycles. The zero-order valence-electron chi connectivity index (χ0n) is 14.1. The Kier molecular flexibility index (Phi) is 5.44. The van der Waals surface area contributed by atoms with Crippen molar-refractivity contribution in [1.82, 2.24) is 20.1 Å². The van der Waals surface area contributed by atoms with Gasteiger partial charge >= 0.3 is 0 Å². The van der Waals surface area contributed by atoms with Crippen LogP contribution in [0.15, 0.2) is 36.8 Å². The fraction of sp³-hybridized carbons (Fsp3) is 0.500. The summed E-state index contributed by atoms with van der Waals surface area (Å²) in [5, 5.41) is 17.2. The molecular weight excluding hydrogens is 300 g/mol. The Morgan fingerprint density at radius 3 is 2.88 bits per heavy atom. The summed E-state index contributed by atoms with van der Waals surface area (Å²) < 4.78 is 1.98. The van der Waals surface area contributed by atoms with Crippen LogP contribution >= 0.6 is 0 Å². The average molecular weight is 324 g/mol. The van der Waals surface area contributed by atoms with Gasteiger partial charge in [0.05, 0.1) is 5.56 Å². The highest BCUT2D eigenvalue weighted by Crippen LogP contribution is 2.21. The maximum absolute atomic E-state index is 9.22.